The van der Waals surface area contributed by atoms with Crippen molar-refractivity contribution in [2.45, 2.75) is 71.6 Å². The van der Waals surface area contributed by atoms with Gasteiger partial charge in [0.2, 0.25) is 0 Å². The number of hydrogen-bond acceptors (Lipinski definition) is 3. The highest BCUT2D eigenvalue weighted by Crippen LogP contribution is 2.51. The molecule has 3 heteroatoms. The summed E-state index contributed by atoms with van der Waals surface area (Å²) in [6, 6.07) is 0.642. The van der Waals surface area contributed by atoms with Gasteiger partial charge in [0.05, 0.1) is 12.2 Å². The molecule has 1 aliphatic heterocycles. The quantitative estimate of drug-likeness (QED) is 0.721. The molecule has 1 heterocycles. The van der Waals surface area contributed by atoms with Crippen LogP contribution < -0.4 is 5.32 Å². The highest BCUT2D eigenvalue weighted by molar-refractivity contribution is 5.10. The third-order valence-electron chi connectivity index (χ3n) is 4.72. The summed E-state index contributed by atoms with van der Waals surface area (Å²) in [6.07, 6.45) is 5.78. The van der Waals surface area contributed by atoms with Gasteiger partial charge in [0.25, 0.3) is 0 Å². The second-order valence-corrected chi connectivity index (χ2v) is 6.98. The van der Waals surface area contributed by atoms with Crippen LogP contribution in [0.2, 0.25) is 0 Å². The van der Waals surface area contributed by atoms with Crippen LogP contribution in [0.25, 0.3) is 0 Å². The van der Waals surface area contributed by atoms with Crippen molar-refractivity contribution in [1.82, 2.24) is 5.32 Å². The third kappa shape index (κ3) is 3.50. The Morgan fingerprint density at radius 1 is 1.32 bits per heavy atom. The lowest BCUT2D eigenvalue weighted by molar-refractivity contribution is -0.192. The van der Waals surface area contributed by atoms with Gasteiger partial charge in [-0.25, -0.2) is 0 Å². The van der Waals surface area contributed by atoms with Gasteiger partial charge in [-0.1, -0.05) is 13.8 Å². The van der Waals surface area contributed by atoms with E-state index in [2.05, 4.69) is 33.0 Å². The second kappa shape index (κ2) is 6.55. The number of ether oxygens (including phenoxy) is 2. The number of nitrogens with one attached hydrogen (secondary N) is 1. The van der Waals surface area contributed by atoms with Gasteiger partial charge in [0, 0.05) is 30.6 Å². The van der Waals surface area contributed by atoms with E-state index in [1.807, 2.05) is 0 Å². The van der Waals surface area contributed by atoms with E-state index in [0.717, 1.165) is 32.1 Å². The van der Waals surface area contributed by atoms with Crippen molar-refractivity contribution in [3.8, 4) is 0 Å². The molecule has 112 valence electrons. The van der Waals surface area contributed by atoms with E-state index in [1.165, 1.54) is 19.3 Å². The Kier molecular flexibility index (Phi) is 5.27. The van der Waals surface area contributed by atoms with Crippen LogP contribution in [0.4, 0.5) is 0 Å². The first kappa shape index (κ1) is 15.3. The molecule has 3 unspecified atom stereocenters. The minimum Gasteiger partial charge on any atom is -0.379 e. The number of fused-ring (bicyclic) bond motifs is 1. The zero-order valence-corrected chi connectivity index (χ0v) is 13.1. The summed E-state index contributed by atoms with van der Waals surface area (Å²) in [4.78, 5) is 0. The topological polar surface area (TPSA) is 30.5 Å². The van der Waals surface area contributed by atoms with E-state index in [9.17, 15) is 0 Å². The van der Waals surface area contributed by atoms with Crippen LogP contribution in [0.15, 0.2) is 0 Å². The van der Waals surface area contributed by atoms with Gasteiger partial charge in [-0.05, 0) is 46.1 Å². The highest BCUT2D eigenvalue weighted by Gasteiger charge is 2.57. The normalized spacial score (nSPS) is 33.0. The largest absolute Gasteiger partial charge is 0.379 e. The summed E-state index contributed by atoms with van der Waals surface area (Å²) in [5, 5.41) is 3.76. The molecule has 1 saturated carbocycles. The maximum Gasteiger partial charge on any atom is 0.0684 e. The lowest BCUT2D eigenvalue weighted by atomic mass is 9.55. The smallest absolute Gasteiger partial charge is 0.0684 e. The Labute approximate surface area is 118 Å². The molecular formula is C16H31NO2. The second-order valence-electron chi connectivity index (χ2n) is 6.98. The van der Waals surface area contributed by atoms with Crippen molar-refractivity contribution >= 4 is 0 Å². The predicted molar refractivity (Wildman–Crippen MR) is 78.4 cm³/mol. The van der Waals surface area contributed by atoms with Crippen molar-refractivity contribution in [3.63, 3.8) is 0 Å². The van der Waals surface area contributed by atoms with Crippen LogP contribution in [0, 0.1) is 11.3 Å². The van der Waals surface area contributed by atoms with Crippen LogP contribution in [-0.2, 0) is 9.47 Å². The van der Waals surface area contributed by atoms with Gasteiger partial charge >= 0.3 is 0 Å². The fourth-order valence-corrected chi connectivity index (χ4v) is 3.74. The first-order chi connectivity index (χ1) is 9.03. The Balaban J connectivity index is 1.63. The molecule has 1 aliphatic carbocycles. The zero-order chi connectivity index (χ0) is 13.9. The van der Waals surface area contributed by atoms with E-state index in [-0.39, 0.29) is 0 Å². The summed E-state index contributed by atoms with van der Waals surface area (Å²) in [7, 11) is 0. The van der Waals surface area contributed by atoms with Crippen LogP contribution in [0.3, 0.4) is 0 Å². The first-order valence-electron chi connectivity index (χ1n) is 8.00. The van der Waals surface area contributed by atoms with Gasteiger partial charge in [0.1, 0.15) is 0 Å². The van der Waals surface area contributed by atoms with Crippen molar-refractivity contribution in [3.05, 3.63) is 0 Å². The molecule has 3 nitrogen and oxygen atoms in total. The molecule has 2 fully saturated rings. The summed E-state index contributed by atoms with van der Waals surface area (Å²) in [5.41, 5.74) is 0.305. The predicted octanol–water partition coefficient (Wildman–Crippen LogP) is 2.98. The molecule has 1 N–H and O–H groups in total. The molecule has 0 bridgehead atoms. The average molecular weight is 269 g/mol. The lowest BCUT2D eigenvalue weighted by Crippen LogP contribution is -2.69. The summed E-state index contributed by atoms with van der Waals surface area (Å²) in [6.45, 7) is 11.8. The molecule has 0 aromatic heterocycles. The third-order valence-corrected chi connectivity index (χ3v) is 4.72. The highest BCUT2D eigenvalue weighted by atomic mass is 16.5. The van der Waals surface area contributed by atoms with Crippen LogP contribution in [0.5, 0.6) is 0 Å². The van der Waals surface area contributed by atoms with Crippen LogP contribution in [-0.4, -0.2) is 38.0 Å². The fourth-order valence-electron chi connectivity index (χ4n) is 3.74. The molecule has 0 aromatic carbocycles. The average Bonchev–Trinajstić information content (AvgIpc) is 2.37. The van der Waals surface area contributed by atoms with E-state index in [0.29, 0.717) is 23.7 Å². The lowest BCUT2D eigenvalue weighted by Gasteiger charge is -2.60. The monoisotopic (exact) mass is 269 g/mol. The van der Waals surface area contributed by atoms with Crippen molar-refractivity contribution < 1.29 is 9.47 Å². The molecular weight excluding hydrogens is 238 g/mol. The van der Waals surface area contributed by atoms with E-state index in [4.69, 9.17) is 9.47 Å². The minimum atomic E-state index is 0.305. The molecule has 0 spiro atoms. The first-order valence-corrected chi connectivity index (χ1v) is 8.00. The number of unbranched alkanes of at least 4 members (excludes halogenated alkanes) is 1. The van der Waals surface area contributed by atoms with E-state index in [1.54, 1.807) is 0 Å². The van der Waals surface area contributed by atoms with Gasteiger partial charge in [-0.2, -0.15) is 0 Å². The molecule has 2 rings (SSSR count). The number of hydrogen-bond donors (Lipinski definition) is 1. The molecule has 2 aliphatic rings. The van der Waals surface area contributed by atoms with E-state index >= 15 is 0 Å². The zero-order valence-electron chi connectivity index (χ0n) is 13.1. The Morgan fingerprint density at radius 2 is 2.11 bits per heavy atom. The number of rotatable bonds is 7. The Bertz CT molecular complexity index is 278. The van der Waals surface area contributed by atoms with Gasteiger partial charge < -0.3 is 14.8 Å². The van der Waals surface area contributed by atoms with E-state index < -0.39 is 0 Å². The maximum absolute atomic E-state index is 5.93. The van der Waals surface area contributed by atoms with Gasteiger partial charge in [-0.15, -0.1) is 0 Å². The van der Waals surface area contributed by atoms with Crippen LogP contribution >= 0.6 is 0 Å². The minimum absolute atomic E-state index is 0.305. The molecule has 1 saturated heterocycles. The van der Waals surface area contributed by atoms with Crippen molar-refractivity contribution in [2.75, 3.05) is 19.8 Å². The summed E-state index contributed by atoms with van der Waals surface area (Å²) < 4.78 is 11.5. The summed E-state index contributed by atoms with van der Waals surface area (Å²) in [5.74, 6) is 0.746. The Hall–Kier alpha value is -0.120. The molecule has 0 amide bonds. The van der Waals surface area contributed by atoms with Crippen molar-refractivity contribution in [2.24, 2.45) is 11.3 Å². The SMILES string of the molecule is CC(C)OCCCCNC1C2CCCOC2C1(C)C. The molecule has 3 atom stereocenters. The standard InChI is InChI=1S/C16H31NO2/c1-12(2)18-10-6-5-9-17-14-13-8-7-11-19-15(13)16(14,3)4/h12-15,17H,5-11H2,1-4H3. The maximum atomic E-state index is 5.93. The summed E-state index contributed by atoms with van der Waals surface area (Å²) >= 11 is 0. The van der Waals surface area contributed by atoms with Gasteiger partial charge in [-0.3, -0.25) is 0 Å². The molecule has 19 heavy (non-hydrogen) atoms. The van der Waals surface area contributed by atoms with Crippen LogP contribution in [0.1, 0.15) is 53.4 Å². The molecule has 0 aromatic rings. The van der Waals surface area contributed by atoms with Gasteiger partial charge in [0.15, 0.2) is 0 Å². The van der Waals surface area contributed by atoms with Crippen molar-refractivity contribution in [1.29, 1.82) is 0 Å². The molecule has 0 radical (unpaired) electrons. The fraction of sp³-hybridized carbons (Fsp3) is 1.00. The Morgan fingerprint density at radius 3 is 2.84 bits per heavy atom.